The van der Waals surface area contributed by atoms with Gasteiger partial charge in [-0.25, -0.2) is 9.37 Å². The number of para-hydroxylation sites is 1. The van der Waals surface area contributed by atoms with Crippen LogP contribution in [0, 0.1) is 5.82 Å². The van der Waals surface area contributed by atoms with E-state index in [1.807, 2.05) is 36.5 Å². The lowest BCUT2D eigenvalue weighted by Crippen LogP contribution is -2.42. The Morgan fingerprint density at radius 2 is 2.03 bits per heavy atom. The highest BCUT2D eigenvalue weighted by Gasteiger charge is 2.25. The van der Waals surface area contributed by atoms with E-state index in [0.717, 1.165) is 65.9 Å². The van der Waals surface area contributed by atoms with Crippen molar-refractivity contribution in [2.45, 2.75) is 25.8 Å². The molecule has 0 spiro atoms. The highest BCUT2D eigenvalue weighted by molar-refractivity contribution is 6.02. The number of halogens is 1. The van der Waals surface area contributed by atoms with Crippen molar-refractivity contribution in [1.82, 2.24) is 19.8 Å². The molecule has 1 fully saturated rings. The van der Waals surface area contributed by atoms with Gasteiger partial charge in [-0.3, -0.25) is 4.79 Å². The summed E-state index contributed by atoms with van der Waals surface area (Å²) >= 11 is 0. The van der Waals surface area contributed by atoms with E-state index in [1.54, 1.807) is 33.5 Å². The predicted molar refractivity (Wildman–Crippen MR) is 150 cm³/mol. The lowest BCUT2D eigenvalue weighted by Gasteiger charge is -2.33. The number of methoxy groups -OCH3 is 1. The van der Waals surface area contributed by atoms with Crippen LogP contribution >= 0.6 is 0 Å². The molecule has 1 amide bonds. The van der Waals surface area contributed by atoms with Gasteiger partial charge in [-0.2, -0.15) is 0 Å². The Hall–Kier alpha value is -3.91. The van der Waals surface area contributed by atoms with Crippen LogP contribution in [-0.2, 0) is 0 Å². The molecule has 8 heteroatoms. The molecule has 0 aliphatic carbocycles. The summed E-state index contributed by atoms with van der Waals surface area (Å²) < 4.78 is 21.3. The van der Waals surface area contributed by atoms with E-state index in [-0.39, 0.29) is 17.6 Å². The fourth-order valence-electron chi connectivity index (χ4n) is 5.25. The number of fused-ring (bicyclic) bond motifs is 1. The lowest BCUT2D eigenvalue weighted by molar-refractivity contribution is 0.0828. The number of anilines is 1. The van der Waals surface area contributed by atoms with Gasteiger partial charge < -0.3 is 24.8 Å². The number of nitrogens with zero attached hydrogens (tertiary/aromatic N) is 3. The van der Waals surface area contributed by atoms with Crippen LogP contribution in [0.4, 0.5) is 10.1 Å². The number of likely N-dealkylation sites (N-methyl/N-ethyl adjacent to an activating group) is 1. The van der Waals surface area contributed by atoms with Gasteiger partial charge in [0.2, 0.25) is 0 Å². The number of aromatic nitrogens is 2. The molecule has 1 aliphatic rings. The van der Waals surface area contributed by atoms with Gasteiger partial charge in [-0.15, -0.1) is 0 Å². The van der Waals surface area contributed by atoms with Gasteiger partial charge in [0.1, 0.15) is 17.2 Å². The summed E-state index contributed by atoms with van der Waals surface area (Å²) in [5.74, 6) is 0.0609. The van der Waals surface area contributed by atoms with Crippen molar-refractivity contribution >= 4 is 22.6 Å². The molecule has 0 radical (unpaired) electrons. The standard InChI is InChI=1S/C30H34FN5O2/c1-5-36-12-8-9-21(18-36)34-28-24(30(37)35(2)3)13-19(15-26(28)31)20-14-23-25(17-33-29(23)32-16-20)22-10-6-7-11-27(22)38-4/h6-7,10-11,13-17,21,34H,5,8-9,12,18H2,1-4H3,(H,32,33). The van der Waals surface area contributed by atoms with Crippen LogP contribution in [-0.4, -0.2) is 72.6 Å². The van der Waals surface area contributed by atoms with E-state index in [0.29, 0.717) is 11.1 Å². The summed E-state index contributed by atoms with van der Waals surface area (Å²) in [7, 11) is 5.01. The highest BCUT2D eigenvalue weighted by Crippen LogP contribution is 2.37. The molecule has 198 valence electrons. The van der Waals surface area contributed by atoms with Crippen LogP contribution in [0.15, 0.2) is 54.9 Å². The molecular weight excluding hydrogens is 481 g/mol. The van der Waals surface area contributed by atoms with Crippen molar-refractivity contribution < 1.29 is 13.9 Å². The SMILES string of the molecule is CCN1CCCC(Nc2c(F)cc(-c3cnc4[nH]cc(-c5ccccc5OC)c4c3)cc2C(=O)N(C)C)C1. The minimum atomic E-state index is -0.444. The van der Waals surface area contributed by atoms with E-state index in [4.69, 9.17) is 4.74 Å². The number of benzene rings is 2. The molecular formula is C30H34FN5O2. The van der Waals surface area contributed by atoms with Crippen LogP contribution in [0.3, 0.4) is 0 Å². The molecule has 1 atom stereocenters. The van der Waals surface area contributed by atoms with E-state index >= 15 is 4.39 Å². The predicted octanol–water partition coefficient (Wildman–Crippen LogP) is 5.64. The van der Waals surface area contributed by atoms with Crippen LogP contribution in [0.2, 0.25) is 0 Å². The molecule has 38 heavy (non-hydrogen) atoms. The van der Waals surface area contributed by atoms with Gasteiger partial charge in [-0.1, -0.05) is 25.1 Å². The molecule has 2 aromatic heterocycles. The van der Waals surface area contributed by atoms with Crippen molar-refractivity contribution in [2.75, 3.05) is 46.2 Å². The number of hydrogen-bond donors (Lipinski definition) is 2. The zero-order chi connectivity index (χ0) is 26.8. The molecule has 2 aromatic carbocycles. The van der Waals surface area contributed by atoms with Crippen molar-refractivity contribution in [3.8, 4) is 28.0 Å². The molecule has 0 saturated carbocycles. The third-order valence-electron chi connectivity index (χ3n) is 7.29. The number of amides is 1. The molecule has 3 heterocycles. The van der Waals surface area contributed by atoms with Gasteiger partial charge in [0.15, 0.2) is 0 Å². The molecule has 7 nitrogen and oxygen atoms in total. The van der Waals surface area contributed by atoms with Crippen molar-refractivity contribution in [1.29, 1.82) is 0 Å². The van der Waals surface area contributed by atoms with E-state index < -0.39 is 5.82 Å². The Bertz CT molecular complexity index is 1460. The van der Waals surface area contributed by atoms with E-state index in [2.05, 4.69) is 27.1 Å². The second-order valence-corrected chi connectivity index (χ2v) is 9.98. The number of carbonyl (C=O) groups is 1. The number of hydrogen-bond acceptors (Lipinski definition) is 5. The third kappa shape index (κ3) is 4.96. The summed E-state index contributed by atoms with van der Waals surface area (Å²) in [5.41, 5.74) is 4.49. The first-order valence-electron chi connectivity index (χ1n) is 13.0. The fourth-order valence-corrected chi connectivity index (χ4v) is 5.25. The Balaban J connectivity index is 1.57. The quantitative estimate of drug-likeness (QED) is 0.333. The van der Waals surface area contributed by atoms with Gasteiger partial charge in [0.25, 0.3) is 5.91 Å². The maximum absolute atomic E-state index is 15.8. The van der Waals surface area contributed by atoms with Crippen molar-refractivity contribution in [2.24, 2.45) is 0 Å². The zero-order valence-corrected chi connectivity index (χ0v) is 22.3. The topological polar surface area (TPSA) is 73.5 Å². The van der Waals surface area contributed by atoms with Gasteiger partial charge in [-0.05, 0) is 55.8 Å². The molecule has 1 unspecified atom stereocenters. The first-order chi connectivity index (χ1) is 18.4. The number of likely N-dealkylation sites (tertiary alicyclic amines) is 1. The Kier molecular flexibility index (Phi) is 7.33. The molecule has 1 aliphatic heterocycles. The summed E-state index contributed by atoms with van der Waals surface area (Å²) in [5, 5.41) is 4.25. The van der Waals surface area contributed by atoms with Crippen LogP contribution in [0.1, 0.15) is 30.1 Å². The Morgan fingerprint density at radius 1 is 1.21 bits per heavy atom. The fraction of sp³-hybridized carbons (Fsp3) is 0.333. The van der Waals surface area contributed by atoms with Crippen molar-refractivity contribution in [3.63, 3.8) is 0 Å². The maximum atomic E-state index is 15.8. The number of piperidine rings is 1. The summed E-state index contributed by atoms with van der Waals surface area (Å²) in [6.07, 6.45) is 5.58. The monoisotopic (exact) mass is 515 g/mol. The van der Waals surface area contributed by atoms with Crippen LogP contribution in [0.5, 0.6) is 5.75 Å². The average molecular weight is 516 g/mol. The van der Waals surface area contributed by atoms with E-state index in [9.17, 15) is 4.79 Å². The second kappa shape index (κ2) is 10.8. The minimum absolute atomic E-state index is 0.0824. The normalized spacial score (nSPS) is 16.0. The molecule has 2 N–H and O–H groups in total. The lowest BCUT2D eigenvalue weighted by atomic mass is 9.98. The third-order valence-corrected chi connectivity index (χ3v) is 7.29. The van der Waals surface area contributed by atoms with Crippen molar-refractivity contribution in [3.05, 3.63) is 66.2 Å². The minimum Gasteiger partial charge on any atom is -0.496 e. The molecule has 4 aromatic rings. The molecule has 5 rings (SSSR count). The maximum Gasteiger partial charge on any atom is 0.255 e. The number of H-pyrrole nitrogens is 1. The highest BCUT2D eigenvalue weighted by atomic mass is 19.1. The first-order valence-corrected chi connectivity index (χ1v) is 13.0. The van der Waals surface area contributed by atoms with E-state index in [1.165, 1.54) is 11.0 Å². The summed E-state index contributed by atoms with van der Waals surface area (Å²) in [4.78, 5) is 24.9. The number of pyridine rings is 1. The zero-order valence-electron chi connectivity index (χ0n) is 22.3. The average Bonchev–Trinajstić information content (AvgIpc) is 3.36. The summed E-state index contributed by atoms with van der Waals surface area (Å²) in [6, 6.07) is 13.1. The number of rotatable bonds is 7. The number of carbonyl (C=O) groups excluding carboxylic acids is 1. The Labute approximate surface area is 222 Å². The number of aromatic amines is 1. The second-order valence-electron chi connectivity index (χ2n) is 9.98. The smallest absolute Gasteiger partial charge is 0.255 e. The molecule has 0 bridgehead atoms. The Morgan fingerprint density at radius 3 is 2.79 bits per heavy atom. The number of nitrogens with one attached hydrogen (secondary N) is 2. The number of ether oxygens (including phenoxy) is 1. The first kappa shape index (κ1) is 25.7. The van der Waals surface area contributed by atoms with Gasteiger partial charge >= 0.3 is 0 Å². The molecule has 1 saturated heterocycles. The largest absolute Gasteiger partial charge is 0.496 e. The van der Waals surface area contributed by atoms with Crippen LogP contribution < -0.4 is 10.1 Å². The van der Waals surface area contributed by atoms with Gasteiger partial charge in [0, 0.05) is 61.2 Å². The summed E-state index contributed by atoms with van der Waals surface area (Å²) in [6.45, 7) is 4.96. The van der Waals surface area contributed by atoms with Gasteiger partial charge in [0.05, 0.1) is 18.4 Å². The van der Waals surface area contributed by atoms with Crippen LogP contribution in [0.25, 0.3) is 33.3 Å².